The van der Waals surface area contributed by atoms with Gasteiger partial charge >= 0.3 is 0 Å². The molecule has 7 heteroatoms. The van der Waals surface area contributed by atoms with E-state index in [0.717, 1.165) is 0 Å². The fourth-order valence-corrected chi connectivity index (χ4v) is 3.39. The number of hydrogen-bond acceptors (Lipinski definition) is 5. The molecule has 0 bridgehead atoms. The van der Waals surface area contributed by atoms with Crippen molar-refractivity contribution < 1.29 is 14.3 Å². The van der Waals surface area contributed by atoms with Gasteiger partial charge in [-0.25, -0.2) is 4.98 Å². The Morgan fingerprint density at radius 2 is 2.32 bits per heavy atom. The molecule has 5 nitrogen and oxygen atoms in total. The molecule has 19 heavy (non-hydrogen) atoms. The van der Waals surface area contributed by atoms with Gasteiger partial charge in [-0.15, -0.1) is 0 Å². The fraction of sp³-hybridized carbons (Fsp3) is 0.417. The summed E-state index contributed by atoms with van der Waals surface area (Å²) < 4.78 is 5.58. The van der Waals surface area contributed by atoms with Crippen molar-refractivity contribution in [1.82, 2.24) is 4.98 Å². The minimum absolute atomic E-state index is 0.00594. The summed E-state index contributed by atoms with van der Waals surface area (Å²) in [5.74, 6) is 0.489. The van der Waals surface area contributed by atoms with Crippen LogP contribution >= 0.6 is 27.7 Å². The van der Waals surface area contributed by atoms with E-state index in [1.54, 1.807) is 17.0 Å². The van der Waals surface area contributed by atoms with Gasteiger partial charge in [-0.2, -0.15) is 0 Å². The third-order valence-electron chi connectivity index (χ3n) is 2.73. The van der Waals surface area contributed by atoms with Gasteiger partial charge in [0.15, 0.2) is 5.12 Å². The Morgan fingerprint density at radius 3 is 2.89 bits per heavy atom. The highest BCUT2D eigenvalue weighted by Gasteiger charge is 2.33. The summed E-state index contributed by atoms with van der Waals surface area (Å²) in [6.07, 6.45) is 0.378. The first-order valence-corrected chi connectivity index (χ1v) is 7.36. The Labute approximate surface area is 123 Å². The lowest BCUT2D eigenvalue weighted by Crippen LogP contribution is -2.25. The molecule has 0 saturated carbocycles. The molecule has 1 aromatic rings. The first-order chi connectivity index (χ1) is 9.01. The molecule has 1 amide bonds. The van der Waals surface area contributed by atoms with Crippen molar-refractivity contribution in [3.63, 3.8) is 0 Å². The van der Waals surface area contributed by atoms with Crippen molar-refractivity contribution in [3.05, 3.63) is 16.7 Å². The van der Waals surface area contributed by atoms with Gasteiger partial charge in [0.05, 0.1) is 12.8 Å². The van der Waals surface area contributed by atoms with Crippen LogP contribution in [0.2, 0.25) is 0 Å². The Balaban J connectivity index is 2.18. The standard InChI is InChI=1S/C12H13BrN2O3S/c1-7(16)19-8-5-11(17)15(6-8)9-3-4-10(18-2)14-12(9)13/h3-4,8H,5-6H2,1-2H3. The predicted molar refractivity (Wildman–Crippen MR) is 77.5 cm³/mol. The number of nitrogens with zero attached hydrogens (tertiary/aromatic N) is 2. The van der Waals surface area contributed by atoms with Crippen LogP contribution in [0.15, 0.2) is 16.7 Å². The van der Waals surface area contributed by atoms with E-state index in [-0.39, 0.29) is 16.3 Å². The van der Waals surface area contributed by atoms with E-state index in [9.17, 15) is 9.59 Å². The summed E-state index contributed by atoms with van der Waals surface area (Å²) >= 11 is 4.55. The Hall–Kier alpha value is -1.08. The molecule has 1 aliphatic heterocycles. The molecule has 1 aromatic heterocycles. The third-order valence-corrected chi connectivity index (χ3v) is 4.29. The Kier molecular flexibility index (Phi) is 4.46. The average molecular weight is 345 g/mol. The number of anilines is 1. The molecule has 2 rings (SSSR count). The third kappa shape index (κ3) is 3.27. The molecule has 1 aliphatic rings. The number of rotatable bonds is 3. The smallest absolute Gasteiger partial charge is 0.228 e. The van der Waals surface area contributed by atoms with Crippen LogP contribution in [0.1, 0.15) is 13.3 Å². The minimum atomic E-state index is 0.00594. The molecule has 1 fully saturated rings. The number of hydrogen-bond donors (Lipinski definition) is 0. The summed E-state index contributed by atoms with van der Waals surface area (Å²) in [5.41, 5.74) is 0.706. The van der Waals surface area contributed by atoms with Crippen molar-refractivity contribution >= 4 is 44.4 Å². The molecule has 1 unspecified atom stereocenters. The highest BCUT2D eigenvalue weighted by Crippen LogP contribution is 2.33. The second-order valence-corrected chi connectivity index (χ2v) is 6.33. The molecule has 1 atom stereocenters. The van der Waals surface area contributed by atoms with Crippen LogP contribution in [-0.4, -0.2) is 34.9 Å². The topological polar surface area (TPSA) is 59.5 Å². The van der Waals surface area contributed by atoms with Crippen molar-refractivity contribution in [3.8, 4) is 5.88 Å². The van der Waals surface area contributed by atoms with Gasteiger partial charge in [0, 0.05) is 31.2 Å². The van der Waals surface area contributed by atoms with Crippen LogP contribution in [0.25, 0.3) is 0 Å². The zero-order chi connectivity index (χ0) is 14.0. The van der Waals surface area contributed by atoms with Gasteiger partial charge < -0.3 is 9.64 Å². The van der Waals surface area contributed by atoms with Crippen LogP contribution in [0.3, 0.4) is 0 Å². The normalized spacial score (nSPS) is 18.8. The van der Waals surface area contributed by atoms with Crippen LogP contribution < -0.4 is 9.64 Å². The van der Waals surface area contributed by atoms with Gasteiger partial charge in [0.2, 0.25) is 11.8 Å². The molecule has 0 aliphatic carbocycles. The molecular weight excluding hydrogens is 332 g/mol. The quantitative estimate of drug-likeness (QED) is 0.787. The van der Waals surface area contributed by atoms with E-state index in [0.29, 0.717) is 29.1 Å². The van der Waals surface area contributed by atoms with Crippen molar-refractivity contribution in [2.75, 3.05) is 18.6 Å². The van der Waals surface area contributed by atoms with Crippen molar-refractivity contribution in [2.45, 2.75) is 18.6 Å². The molecule has 2 heterocycles. The van der Waals surface area contributed by atoms with Gasteiger partial charge in [-0.05, 0) is 22.0 Å². The zero-order valence-electron chi connectivity index (χ0n) is 10.6. The van der Waals surface area contributed by atoms with Crippen molar-refractivity contribution in [2.24, 2.45) is 0 Å². The maximum atomic E-state index is 12.0. The van der Waals surface area contributed by atoms with E-state index in [4.69, 9.17) is 4.74 Å². The monoisotopic (exact) mass is 344 g/mol. The number of pyridine rings is 1. The van der Waals surface area contributed by atoms with Crippen LogP contribution in [0, 0.1) is 0 Å². The highest BCUT2D eigenvalue weighted by molar-refractivity contribution is 9.10. The number of carbonyl (C=O) groups excluding carboxylic acids is 2. The van der Waals surface area contributed by atoms with Crippen LogP contribution in [0.4, 0.5) is 5.69 Å². The first-order valence-electron chi connectivity index (χ1n) is 5.69. The molecule has 102 valence electrons. The molecular formula is C12H13BrN2O3S. The number of aromatic nitrogens is 1. The Bertz CT molecular complexity index is 524. The molecule has 0 radical (unpaired) electrons. The van der Waals surface area contributed by atoms with Gasteiger partial charge in [-0.1, -0.05) is 11.8 Å². The van der Waals surface area contributed by atoms with E-state index >= 15 is 0 Å². The number of carbonyl (C=O) groups is 2. The second-order valence-electron chi connectivity index (χ2n) is 4.10. The summed E-state index contributed by atoms with van der Waals surface area (Å²) in [7, 11) is 1.54. The second kappa shape index (κ2) is 5.92. The first kappa shape index (κ1) is 14.3. The summed E-state index contributed by atoms with van der Waals surface area (Å²) in [6, 6.07) is 3.49. The van der Waals surface area contributed by atoms with Gasteiger partial charge in [0.1, 0.15) is 4.60 Å². The van der Waals surface area contributed by atoms with E-state index in [1.165, 1.54) is 25.8 Å². The van der Waals surface area contributed by atoms with E-state index < -0.39 is 0 Å². The van der Waals surface area contributed by atoms with Crippen LogP contribution in [-0.2, 0) is 9.59 Å². The summed E-state index contributed by atoms with van der Waals surface area (Å²) in [5, 5.41) is 0.0468. The number of thioether (sulfide) groups is 1. The SMILES string of the molecule is COc1ccc(N2CC(SC(C)=O)CC2=O)c(Br)n1. The molecule has 1 saturated heterocycles. The lowest BCUT2D eigenvalue weighted by atomic mass is 10.4. The van der Waals surface area contributed by atoms with E-state index in [1.807, 2.05) is 0 Å². The Morgan fingerprint density at radius 1 is 1.58 bits per heavy atom. The largest absolute Gasteiger partial charge is 0.481 e. The number of amides is 1. The number of methoxy groups -OCH3 is 1. The maximum Gasteiger partial charge on any atom is 0.228 e. The summed E-state index contributed by atoms with van der Waals surface area (Å²) in [4.78, 5) is 28.9. The van der Waals surface area contributed by atoms with Gasteiger partial charge in [0.25, 0.3) is 0 Å². The molecule has 0 spiro atoms. The maximum absolute atomic E-state index is 12.0. The van der Waals surface area contributed by atoms with Crippen molar-refractivity contribution in [1.29, 1.82) is 0 Å². The number of halogens is 1. The fourth-order valence-electron chi connectivity index (χ4n) is 1.95. The van der Waals surface area contributed by atoms with Gasteiger partial charge in [-0.3, -0.25) is 9.59 Å². The minimum Gasteiger partial charge on any atom is -0.481 e. The molecule has 0 N–H and O–H groups in total. The van der Waals surface area contributed by atoms with Crippen LogP contribution in [0.5, 0.6) is 5.88 Å². The average Bonchev–Trinajstić information content (AvgIpc) is 2.69. The lowest BCUT2D eigenvalue weighted by molar-refractivity contribution is -0.117. The zero-order valence-corrected chi connectivity index (χ0v) is 13.0. The summed E-state index contributed by atoms with van der Waals surface area (Å²) in [6.45, 7) is 2.04. The lowest BCUT2D eigenvalue weighted by Gasteiger charge is -2.17. The molecule has 0 aromatic carbocycles. The van der Waals surface area contributed by atoms with E-state index in [2.05, 4.69) is 20.9 Å². The predicted octanol–water partition coefficient (Wildman–Crippen LogP) is 2.24. The number of ether oxygens (including phenoxy) is 1. The highest BCUT2D eigenvalue weighted by atomic mass is 79.9.